The number of carbonyl (C=O) groups is 4. The molecule has 13 heteroatoms. The number of carboxylic acids is 4. The van der Waals surface area contributed by atoms with E-state index in [1.165, 1.54) is 10.9 Å². The number of carboxylic acid groups (broad SMARTS) is 4. The second-order valence-corrected chi connectivity index (χ2v) is 6.16. The van der Waals surface area contributed by atoms with Gasteiger partial charge in [0.2, 0.25) is 0 Å². The Morgan fingerprint density at radius 1 is 1.00 bits per heavy atom. The average molecular weight is 435 g/mol. The van der Waals surface area contributed by atoms with Crippen molar-refractivity contribution in [2.75, 3.05) is 20.6 Å². The van der Waals surface area contributed by atoms with Gasteiger partial charge < -0.3 is 30.3 Å². The third kappa shape index (κ3) is 8.33. The van der Waals surface area contributed by atoms with Gasteiger partial charge in [-0.15, -0.1) is 0 Å². The van der Waals surface area contributed by atoms with E-state index in [2.05, 4.69) is 52.4 Å². The van der Waals surface area contributed by atoms with E-state index in [0.29, 0.717) is 0 Å². The monoisotopic (exact) mass is 435 g/mol. The van der Waals surface area contributed by atoms with Gasteiger partial charge in [0, 0.05) is 23.6 Å². The number of hydrogen-bond acceptors (Lipinski definition) is 7. The fourth-order valence-electron chi connectivity index (χ4n) is 2.20. The molecule has 0 aliphatic heterocycles. The fraction of sp³-hybridized carbons (Fsp3) is 0.222. The summed E-state index contributed by atoms with van der Waals surface area (Å²) >= 11 is 0. The third-order valence-electron chi connectivity index (χ3n) is 3.63. The minimum Gasteiger partial charge on any atom is -0.473 e. The van der Waals surface area contributed by atoms with Crippen LogP contribution >= 0.6 is 0 Å². The number of H-pyrrole nitrogens is 1. The third-order valence-corrected chi connectivity index (χ3v) is 3.63. The number of rotatable bonds is 4. The molecule has 0 saturated carbocycles. The normalized spacial score (nSPS) is 9.90. The summed E-state index contributed by atoms with van der Waals surface area (Å²) in [5, 5.41) is 35.0. The highest BCUT2D eigenvalue weighted by atomic mass is 16.4. The van der Waals surface area contributed by atoms with Gasteiger partial charge in [-0.25, -0.2) is 28.8 Å². The van der Waals surface area contributed by atoms with Crippen LogP contribution in [0.15, 0.2) is 37.1 Å². The molecule has 0 fully saturated rings. The summed E-state index contributed by atoms with van der Waals surface area (Å²) < 4.78 is 1.78. The number of aliphatic carboxylic acids is 4. The Labute approximate surface area is 175 Å². The number of fused-ring (bicyclic) bond motifs is 1. The van der Waals surface area contributed by atoms with Crippen molar-refractivity contribution in [3.8, 4) is 5.69 Å². The molecule has 0 spiro atoms. The van der Waals surface area contributed by atoms with Crippen LogP contribution in [-0.2, 0) is 25.6 Å². The topological polar surface area (TPSA) is 199 Å². The predicted molar refractivity (Wildman–Crippen MR) is 106 cm³/mol. The van der Waals surface area contributed by atoms with E-state index in [1.54, 1.807) is 17.3 Å². The van der Waals surface area contributed by atoms with Crippen molar-refractivity contribution in [2.45, 2.75) is 6.42 Å². The number of nitrogens with one attached hydrogen (secondary N) is 1. The molecular weight excluding hydrogens is 414 g/mol. The lowest BCUT2D eigenvalue weighted by molar-refractivity contribution is -0.159. The lowest BCUT2D eigenvalue weighted by Crippen LogP contribution is -2.14. The molecule has 0 aliphatic carbocycles. The zero-order chi connectivity index (χ0) is 23.6. The van der Waals surface area contributed by atoms with Crippen LogP contribution in [0.5, 0.6) is 0 Å². The molecule has 166 valence electrons. The first-order chi connectivity index (χ1) is 14.5. The molecule has 0 radical (unpaired) electrons. The van der Waals surface area contributed by atoms with Crippen LogP contribution in [0, 0.1) is 0 Å². The van der Waals surface area contributed by atoms with Gasteiger partial charge in [-0.2, -0.15) is 5.10 Å². The summed E-state index contributed by atoms with van der Waals surface area (Å²) in [7, 11) is 4.19. The zero-order valence-electron chi connectivity index (χ0n) is 16.6. The molecule has 5 N–H and O–H groups in total. The Kier molecular flexibility index (Phi) is 9.33. The van der Waals surface area contributed by atoms with Gasteiger partial charge in [0.25, 0.3) is 0 Å². The minimum absolute atomic E-state index is 1.04. The first kappa shape index (κ1) is 24.8. The van der Waals surface area contributed by atoms with Crippen molar-refractivity contribution < 1.29 is 39.6 Å². The van der Waals surface area contributed by atoms with Crippen molar-refractivity contribution in [1.82, 2.24) is 24.6 Å². The van der Waals surface area contributed by atoms with E-state index in [9.17, 15) is 0 Å². The molecule has 0 amide bonds. The fourth-order valence-corrected chi connectivity index (χ4v) is 2.20. The molecule has 0 bridgehead atoms. The summed E-state index contributed by atoms with van der Waals surface area (Å²) in [4.78, 5) is 45.9. The number of aromatic amines is 1. The molecule has 0 unspecified atom stereocenters. The van der Waals surface area contributed by atoms with Crippen LogP contribution in [0.2, 0.25) is 0 Å². The van der Waals surface area contributed by atoms with Crippen molar-refractivity contribution >= 4 is 34.8 Å². The highest BCUT2D eigenvalue weighted by Gasteiger charge is 2.07. The largest absolute Gasteiger partial charge is 0.473 e. The standard InChI is InChI=1S/C14H17N5.2C2H2O4/c1-18(2)6-5-11-8-16-14-4-3-12(7-13(11)14)19-10-15-9-17-19;2*3-1(4)2(5)6/h3-4,7-10,16H,5-6H2,1-2H3;2*(H,3,4)(H,5,6). The van der Waals surface area contributed by atoms with E-state index in [0.717, 1.165) is 24.2 Å². The van der Waals surface area contributed by atoms with Crippen LogP contribution < -0.4 is 0 Å². The van der Waals surface area contributed by atoms with Gasteiger partial charge in [-0.05, 0) is 44.3 Å². The van der Waals surface area contributed by atoms with Gasteiger partial charge >= 0.3 is 23.9 Å². The van der Waals surface area contributed by atoms with E-state index in [-0.39, 0.29) is 0 Å². The smallest absolute Gasteiger partial charge is 0.414 e. The number of likely N-dealkylation sites (N-methyl/N-ethyl adjacent to an activating group) is 1. The molecule has 13 nitrogen and oxygen atoms in total. The maximum Gasteiger partial charge on any atom is 0.414 e. The second-order valence-electron chi connectivity index (χ2n) is 6.16. The van der Waals surface area contributed by atoms with Gasteiger partial charge in [0.15, 0.2) is 0 Å². The summed E-state index contributed by atoms with van der Waals surface area (Å²) in [6.45, 7) is 1.04. The minimum atomic E-state index is -1.82. The van der Waals surface area contributed by atoms with Crippen LogP contribution in [-0.4, -0.2) is 89.6 Å². The number of nitrogens with zero attached hydrogens (tertiary/aromatic N) is 4. The van der Waals surface area contributed by atoms with E-state index in [4.69, 9.17) is 39.6 Å². The van der Waals surface area contributed by atoms with E-state index in [1.807, 2.05) is 6.07 Å². The maximum absolute atomic E-state index is 9.10. The van der Waals surface area contributed by atoms with Crippen LogP contribution in [0.25, 0.3) is 16.6 Å². The van der Waals surface area contributed by atoms with Gasteiger partial charge in [-0.1, -0.05) is 0 Å². The molecule has 0 atom stereocenters. The number of benzene rings is 1. The summed E-state index contributed by atoms with van der Waals surface area (Å²) in [6.07, 6.45) is 6.40. The van der Waals surface area contributed by atoms with Gasteiger partial charge in [0.05, 0.1) is 5.69 Å². The van der Waals surface area contributed by atoms with Crippen molar-refractivity contribution in [3.63, 3.8) is 0 Å². The SMILES string of the molecule is CN(C)CCc1c[nH]c2ccc(-n3cncn3)cc12.O=C(O)C(=O)O.O=C(O)C(=O)O. The first-order valence-electron chi connectivity index (χ1n) is 8.55. The maximum atomic E-state index is 9.10. The molecule has 3 rings (SSSR count). The van der Waals surface area contributed by atoms with Crippen molar-refractivity contribution in [1.29, 1.82) is 0 Å². The highest BCUT2D eigenvalue weighted by molar-refractivity contribution is 6.27. The Hall–Kier alpha value is -4.26. The Morgan fingerprint density at radius 2 is 1.58 bits per heavy atom. The number of hydrogen-bond donors (Lipinski definition) is 5. The van der Waals surface area contributed by atoms with Crippen LogP contribution in [0.1, 0.15) is 5.56 Å². The molecule has 2 heterocycles. The van der Waals surface area contributed by atoms with Crippen LogP contribution in [0.3, 0.4) is 0 Å². The highest BCUT2D eigenvalue weighted by Crippen LogP contribution is 2.21. The molecule has 2 aromatic heterocycles. The van der Waals surface area contributed by atoms with E-state index < -0.39 is 23.9 Å². The molecule has 0 saturated heterocycles. The summed E-state index contributed by atoms with van der Waals surface area (Å²) in [5.41, 5.74) is 3.54. The number of aromatic nitrogens is 4. The Morgan fingerprint density at radius 3 is 2.03 bits per heavy atom. The first-order valence-corrected chi connectivity index (χ1v) is 8.55. The Bertz CT molecular complexity index is 995. The average Bonchev–Trinajstić information content (AvgIpc) is 3.36. The zero-order valence-corrected chi connectivity index (χ0v) is 16.6. The van der Waals surface area contributed by atoms with E-state index >= 15 is 0 Å². The van der Waals surface area contributed by atoms with Gasteiger partial charge in [0.1, 0.15) is 12.7 Å². The molecule has 1 aromatic carbocycles. The van der Waals surface area contributed by atoms with Crippen LogP contribution in [0.4, 0.5) is 0 Å². The molecule has 0 aliphatic rings. The van der Waals surface area contributed by atoms with Crippen molar-refractivity contribution in [2.24, 2.45) is 0 Å². The summed E-state index contributed by atoms with van der Waals surface area (Å²) in [6, 6.07) is 6.29. The molecule has 3 aromatic rings. The second kappa shape index (κ2) is 11.7. The van der Waals surface area contributed by atoms with Crippen molar-refractivity contribution in [3.05, 3.63) is 42.6 Å². The molecular formula is C18H21N5O8. The summed E-state index contributed by atoms with van der Waals surface area (Å²) in [5.74, 6) is -7.30. The lowest BCUT2D eigenvalue weighted by Gasteiger charge is -2.08. The van der Waals surface area contributed by atoms with Gasteiger partial charge in [-0.3, -0.25) is 0 Å². The molecule has 31 heavy (non-hydrogen) atoms. The predicted octanol–water partition coefficient (Wildman–Crippen LogP) is 0.164. The Balaban J connectivity index is 0.000000333. The lowest BCUT2D eigenvalue weighted by atomic mass is 10.1. The quantitative estimate of drug-likeness (QED) is 0.350.